The highest BCUT2D eigenvalue weighted by molar-refractivity contribution is 7.89. The van der Waals surface area contributed by atoms with Crippen LogP contribution in [0.2, 0.25) is 5.02 Å². The Morgan fingerprint density at radius 1 is 0.941 bits per heavy atom. The van der Waals surface area contributed by atoms with E-state index in [0.29, 0.717) is 31.3 Å². The van der Waals surface area contributed by atoms with E-state index in [9.17, 15) is 8.42 Å². The number of nitrogens with one attached hydrogen (secondary N) is 3. The molecule has 9 nitrogen and oxygen atoms in total. The van der Waals surface area contributed by atoms with Crippen LogP contribution in [0.1, 0.15) is 0 Å². The van der Waals surface area contributed by atoms with Crippen molar-refractivity contribution in [2.24, 2.45) is 0 Å². The minimum absolute atomic E-state index is 0.0189. The summed E-state index contributed by atoms with van der Waals surface area (Å²) >= 11 is 6.27. The summed E-state index contributed by atoms with van der Waals surface area (Å²) in [6.45, 7) is 1.32. The van der Waals surface area contributed by atoms with Gasteiger partial charge in [0, 0.05) is 30.9 Å². The minimum atomic E-state index is -3.76. The molecule has 0 radical (unpaired) electrons. The molecule has 34 heavy (non-hydrogen) atoms. The van der Waals surface area contributed by atoms with E-state index in [2.05, 4.69) is 30.5 Å². The molecule has 0 aliphatic carbocycles. The first-order valence-corrected chi connectivity index (χ1v) is 12.4. The lowest BCUT2D eigenvalue weighted by molar-refractivity contribution is 0.336. The topological polar surface area (TPSA) is 118 Å². The standard InChI is InChI=1S/C23H23ClN6O3S/c24-20-15-18(34(31,32)29-12-11-25-22-9-4-10-28-30-22)16-27-23(20)26-13-14-33-21-8-3-6-17-5-1-2-7-19(17)21/h1-10,15-16,29H,11-14H2,(H,25,30)(H,26,27). The second kappa shape index (κ2) is 11.1. The predicted molar refractivity (Wildman–Crippen MR) is 133 cm³/mol. The summed E-state index contributed by atoms with van der Waals surface area (Å²) < 4.78 is 33.4. The van der Waals surface area contributed by atoms with Crippen molar-refractivity contribution in [3.05, 3.63) is 78.1 Å². The molecular weight excluding hydrogens is 476 g/mol. The van der Waals surface area contributed by atoms with E-state index in [1.54, 1.807) is 18.3 Å². The largest absolute Gasteiger partial charge is 0.491 e. The van der Waals surface area contributed by atoms with Crippen LogP contribution in [0, 0.1) is 0 Å². The molecule has 0 aliphatic rings. The summed E-state index contributed by atoms with van der Waals surface area (Å²) in [4.78, 5) is 4.14. The molecule has 0 amide bonds. The number of rotatable bonds is 11. The van der Waals surface area contributed by atoms with Gasteiger partial charge in [0.05, 0.1) is 11.6 Å². The summed E-state index contributed by atoms with van der Waals surface area (Å²) in [7, 11) is -3.76. The average molecular weight is 499 g/mol. The van der Waals surface area contributed by atoms with E-state index in [1.807, 2.05) is 42.5 Å². The Hall–Kier alpha value is -3.47. The van der Waals surface area contributed by atoms with Crippen molar-refractivity contribution in [1.82, 2.24) is 19.9 Å². The molecule has 0 spiro atoms. The Bertz CT molecular complexity index is 1350. The molecule has 0 aliphatic heterocycles. The van der Waals surface area contributed by atoms with Crippen LogP contribution in [-0.2, 0) is 10.0 Å². The van der Waals surface area contributed by atoms with Gasteiger partial charge in [-0.05, 0) is 29.7 Å². The number of hydrogen-bond acceptors (Lipinski definition) is 8. The van der Waals surface area contributed by atoms with Crippen molar-refractivity contribution < 1.29 is 13.2 Å². The van der Waals surface area contributed by atoms with Crippen LogP contribution in [0.5, 0.6) is 5.75 Å². The zero-order chi connectivity index (χ0) is 23.8. The summed E-state index contributed by atoms with van der Waals surface area (Å²) in [6.07, 6.45) is 2.82. The molecule has 0 atom stereocenters. The van der Waals surface area contributed by atoms with Crippen LogP contribution >= 0.6 is 11.6 Å². The second-order valence-corrected chi connectivity index (χ2v) is 9.36. The zero-order valence-corrected chi connectivity index (χ0v) is 19.7. The summed E-state index contributed by atoms with van der Waals surface area (Å²) in [5.74, 6) is 1.73. The quantitative estimate of drug-likeness (QED) is 0.269. The molecule has 2 aromatic carbocycles. The van der Waals surface area contributed by atoms with E-state index in [4.69, 9.17) is 16.3 Å². The van der Waals surface area contributed by atoms with Crippen LogP contribution in [0.15, 0.2) is 78.0 Å². The molecule has 2 heterocycles. The van der Waals surface area contributed by atoms with Gasteiger partial charge in [-0.2, -0.15) is 5.10 Å². The number of hydrogen-bond donors (Lipinski definition) is 3. The molecule has 4 rings (SSSR count). The van der Waals surface area contributed by atoms with Crippen molar-refractivity contribution in [3.8, 4) is 5.75 Å². The number of pyridine rings is 1. The number of anilines is 2. The van der Waals surface area contributed by atoms with Gasteiger partial charge in [-0.25, -0.2) is 18.1 Å². The first-order chi connectivity index (χ1) is 16.5. The Morgan fingerprint density at radius 2 is 1.79 bits per heavy atom. The molecular formula is C23H23ClN6O3S. The Kier molecular flexibility index (Phi) is 7.73. The fraction of sp³-hybridized carbons (Fsp3) is 0.174. The molecule has 11 heteroatoms. The Labute approximate surface area is 202 Å². The first-order valence-electron chi connectivity index (χ1n) is 10.5. The van der Waals surface area contributed by atoms with Gasteiger partial charge in [0.15, 0.2) is 0 Å². The highest BCUT2D eigenvalue weighted by atomic mass is 35.5. The Balaban J connectivity index is 1.27. The van der Waals surface area contributed by atoms with Crippen LogP contribution in [0.25, 0.3) is 10.8 Å². The van der Waals surface area contributed by atoms with Crippen LogP contribution < -0.4 is 20.1 Å². The monoisotopic (exact) mass is 498 g/mol. The van der Waals surface area contributed by atoms with E-state index >= 15 is 0 Å². The predicted octanol–water partition coefficient (Wildman–Crippen LogP) is 3.56. The zero-order valence-electron chi connectivity index (χ0n) is 18.1. The molecule has 4 aromatic rings. The van der Waals surface area contributed by atoms with Gasteiger partial charge in [-0.15, -0.1) is 5.10 Å². The molecule has 176 valence electrons. The van der Waals surface area contributed by atoms with Crippen molar-refractivity contribution in [1.29, 1.82) is 0 Å². The van der Waals surface area contributed by atoms with E-state index < -0.39 is 10.0 Å². The molecule has 0 saturated heterocycles. The third kappa shape index (κ3) is 6.10. The minimum Gasteiger partial charge on any atom is -0.491 e. The number of ether oxygens (including phenoxy) is 1. The van der Waals surface area contributed by atoms with Crippen molar-refractivity contribution in [2.45, 2.75) is 4.90 Å². The van der Waals surface area contributed by atoms with Crippen LogP contribution in [0.4, 0.5) is 11.6 Å². The first kappa shape index (κ1) is 23.7. The smallest absolute Gasteiger partial charge is 0.242 e. The maximum Gasteiger partial charge on any atom is 0.242 e. The molecule has 0 saturated carbocycles. The number of benzene rings is 2. The molecule has 0 unspecified atom stereocenters. The number of nitrogens with zero attached hydrogens (tertiary/aromatic N) is 3. The summed E-state index contributed by atoms with van der Waals surface area (Å²) in [6, 6.07) is 18.7. The van der Waals surface area contributed by atoms with Gasteiger partial charge >= 0.3 is 0 Å². The molecule has 0 fully saturated rings. The van der Waals surface area contributed by atoms with E-state index in [1.165, 1.54) is 12.3 Å². The van der Waals surface area contributed by atoms with Gasteiger partial charge in [0.25, 0.3) is 0 Å². The fourth-order valence-electron chi connectivity index (χ4n) is 3.20. The highest BCUT2D eigenvalue weighted by Gasteiger charge is 2.16. The molecule has 3 N–H and O–H groups in total. The second-order valence-electron chi connectivity index (χ2n) is 7.19. The van der Waals surface area contributed by atoms with Gasteiger partial charge < -0.3 is 15.4 Å². The lowest BCUT2D eigenvalue weighted by Gasteiger charge is -2.12. The van der Waals surface area contributed by atoms with Crippen LogP contribution in [-0.4, -0.2) is 49.8 Å². The molecule has 2 aromatic heterocycles. The third-order valence-electron chi connectivity index (χ3n) is 4.82. The van der Waals surface area contributed by atoms with Gasteiger partial charge in [-0.1, -0.05) is 48.0 Å². The number of halogens is 1. The number of sulfonamides is 1. The van der Waals surface area contributed by atoms with Crippen molar-refractivity contribution in [2.75, 3.05) is 36.9 Å². The molecule has 0 bridgehead atoms. The third-order valence-corrected chi connectivity index (χ3v) is 6.54. The van der Waals surface area contributed by atoms with Crippen molar-refractivity contribution >= 4 is 44.0 Å². The Morgan fingerprint density at radius 3 is 2.62 bits per heavy atom. The lowest BCUT2D eigenvalue weighted by atomic mass is 10.1. The maximum atomic E-state index is 12.5. The van der Waals surface area contributed by atoms with Crippen LogP contribution in [0.3, 0.4) is 0 Å². The van der Waals surface area contributed by atoms with Gasteiger partial charge in [-0.3, -0.25) is 0 Å². The van der Waals surface area contributed by atoms with E-state index in [-0.39, 0.29) is 16.5 Å². The lowest BCUT2D eigenvalue weighted by Crippen LogP contribution is -2.29. The van der Waals surface area contributed by atoms with E-state index in [0.717, 1.165) is 16.5 Å². The number of fused-ring (bicyclic) bond motifs is 1. The summed E-state index contributed by atoms with van der Waals surface area (Å²) in [5, 5.41) is 16.0. The SMILES string of the molecule is O=S(=O)(NCCNc1cccnn1)c1cnc(NCCOc2cccc3ccccc23)c(Cl)c1. The summed E-state index contributed by atoms with van der Waals surface area (Å²) in [5.41, 5.74) is 0. The fourth-order valence-corrected chi connectivity index (χ4v) is 4.50. The highest BCUT2D eigenvalue weighted by Crippen LogP contribution is 2.25. The maximum absolute atomic E-state index is 12.5. The van der Waals surface area contributed by atoms with Gasteiger partial charge in [0.2, 0.25) is 10.0 Å². The normalized spacial score (nSPS) is 11.3. The average Bonchev–Trinajstić information content (AvgIpc) is 2.86. The number of aromatic nitrogens is 3. The van der Waals surface area contributed by atoms with Crippen molar-refractivity contribution in [3.63, 3.8) is 0 Å². The van der Waals surface area contributed by atoms with Gasteiger partial charge in [0.1, 0.15) is 28.9 Å².